The van der Waals surface area contributed by atoms with Crippen molar-refractivity contribution in [1.82, 2.24) is 20.0 Å². The van der Waals surface area contributed by atoms with Crippen LogP contribution < -0.4 is 5.56 Å². The fourth-order valence-corrected chi connectivity index (χ4v) is 3.10. The van der Waals surface area contributed by atoms with Crippen LogP contribution in [0.4, 0.5) is 0 Å². The Morgan fingerprint density at radius 2 is 2.15 bits per heavy atom. The van der Waals surface area contributed by atoms with E-state index in [1.807, 2.05) is 11.4 Å². The smallest absolute Gasteiger partial charge is 0.264 e. The highest BCUT2D eigenvalue weighted by molar-refractivity contribution is 7.08. The Morgan fingerprint density at radius 1 is 1.35 bits per heavy atom. The number of H-pyrrole nitrogens is 1. The van der Waals surface area contributed by atoms with E-state index in [2.05, 4.69) is 32.4 Å². The van der Waals surface area contributed by atoms with Gasteiger partial charge in [-0.3, -0.25) is 9.69 Å². The number of rotatable bonds is 3. The van der Waals surface area contributed by atoms with E-state index in [9.17, 15) is 4.79 Å². The van der Waals surface area contributed by atoms with Crippen LogP contribution in [-0.4, -0.2) is 53.2 Å². The van der Waals surface area contributed by atoms with Crippen LogP contribution in [0.15, 0.2) is 27.7 Å². The molecule has 0 saturated carbocycles. The molecular formula is C14H18N4OS. The van der Waals surface area contributed by atoms with E-state index in [1.165, 1.54) is 0 Å². The van der Waals surface area contributed by atoms with Gasteiger partial charge in [0.1, 0.15) is 0 Å². The van der Waals surface area contributed by atoms with Crippen molar-refractivity contribution in [2.45, 2.75) is 6.54 Å². The first-order valence-corrected chi connectivity index (χ1v) is 7.69. The second-order valence-corrected chi connectivity index (χ2v) is 5.98. The molecule has 0 bridgehead atoms. The van der Waals surface area contributed by atoms with Gasteiger partial charge in [0.2, 0.25) is 0 Å². The van der Waals surface area contributed by atoms with Crippen LogP contribution in [-0.2, 0) is 6.54 Å². The monoisotopic (exact) mass is 290 g/mol. The molecule has 3 rings (SSSR count). The van der Waals surface area contributed by atoms with Gasteiger partial charge in [0.05, 0.1) is 5.69 Å². The molecule has 20 heavy (non-hydrogen) atoms. The third-order valence-corrected chi connectivity index (χ3v) is 4.36. The number of likely N-dealkylation sites (N-methyl/N-ethyl adjacent to an activating group) is 1. The Balaban J connectivity index is 1.85. The molecule has 0 atom stereocenters. The molecule has 2 aromatic heterocycles. The summed E-state index contributed by atoms with van der Waals surface area (Å²) >= 11 is 1.64. The highest BCUT2D eigenvalue weighted by Gasteiger charge is 2.17. The molecule has 5 nitrogen and oxygen atoms in total. The van der Waals surface area contributed by atoms with Gasteiger partial charge in [0.25, 0.3) is 5.56 Å². The minimum Gasteiger partial charge on any atom is -0.304 e. The highest BCUT2D eigenvalue weighted by Crippen LogP contribution is 2.23. The molecule has 3 heterocycles. The third-order valence-electron chi connectivity index (χ3n) is 3.67. The number of piperazine rings is 1. The van der Waals surface area contributed by atoms with E-state index in [1.54, 1.807) is 17.4 Å². The number of nitrogens with one attached hydrogen (secondary N) is 1. The molecule has 0 aliphatic carbocycles. The normalized spacial score (nSPS) is 17.4. The molecule has 0 radical (unpaired) electrons. The highest BCUT2D eigenvalue weighted by atomic mass is 32.1. The number of aromatic nitrogens is 2. The van der Waals surface area contributed by atoms with Crippen molar-refractivity contribution in [2.24, 2.45) is 0 Å². The molecule has 106 valence electrons. The first kappa shape index (κ1) is 13.5. The van der Waals surface area contributed by atoms with Gasteiger partial charge in [0, 0.05) is 49.7 Å². The summed E-state index contributed by atoms with van der Waals surface area (Å²) in [4.78, 5) is 16.3. The van der Waals surface area contributed by atoms with Gasteiger partial charge >= 0.3 is 0 Å². The van der Waals surface area contributed by atoms with Crippen molar-refractivity contribution in [3.05, 3.63) is 38.8 Å². The van der Waals surface area contributed by atoms with Crippen molar-refractivity contribution in [3.8, 4) is 11.3 Å². The van der Waals surface area contributed by atoms with Gasteiger partial charge in [-0.25, -0.2) is 5.10 Å². The van der Waals surface area contributed by atoms with Crippen LogP contribution in [0.3, 0.4) is 0 Å². The lowest BCUT2D eigenvalue weighted by Crippen LogP contribution is -2.44. The molecule has 1 saturated heterocycles. The topological polar surface area (TPSA) is 52.2 Å². The fourth-order valence-electron chi connectivity index (χ4n) is 2.46. The molecule has 1 aliphatic rings. The van der Waals surface area contributed by atoms with Gasteiger partial charge in [-0.05, 0) is 24.1 Å². The lowest BCUT2D eigenvalue weighted by molar-refractivity contribution is 0.148. The maximum atomic E-state index is 11.6. The molecule has 0 unspecified atom stereocenters. The summed E-state index contributed by atoms with van der Waals surface area (Å²) in [5, 5.41) is 10.9. The summed E-state index contributed by atoms with van der Waals surface area (Å²) in [6.45, 7) is 5.00. The van der Waals surface area contributed by atoms with Crippen LogP contribution >= 0.6 is 11.3 Å². The second kappa shape index (κ2) is 5.87. The van der Waals surface area contributed by atoms with Gasteiger partial charge < -0.3 is 4.90 Å². The third kappa shape index (κ3) is 2.98. The first-order chi connectivity index (χ1) is 9.72. The van der Waals surface area contributed by atoms with Crippen molar-refractivity contribution in [2.75, 3.05) is 33.2 Å². The molecule has 6 heteroatoms. The summed E-state index contributed by atoms with van der Waals surface area (Å²) in [5.74, 6) is 0. The first-order valence-electron chi connectivity index (χ1n) is 6.74. The predicted molar refractivity (Wildman–Crippen MR) is 80.9 cm³/mol. The van der Waals surface area contributed by atoms with Crippen LogP contribution in [0.2, 0.25) is 0 Å². The zero-order valence-electron chi connectivity index (χ0n) is 11.5. The summed E-state index contributed by atoms with van der Waals surface area (Å²) < 4.78 is 0. The van der Waals surface area contributed by atoms with E-state index in [-0.39, 0.29) is 5.56 Å². The number of nitrogens with zero attached hydrogens (tertiary/aromatic N) is 3. The zero-order valence-corrected chi connectivity index (χ0v) is 12.3. The lowest BCUT2D eigenvalue weighted by Gasteiger charge is -2.32. The van der Waals surface area contributed by atoms with E-state index >= 15 is 0 Å². The van der Waals surface area contributed by atoms with Crippen molar-refractivity contribution in [3.63, 3.8) is 0 Å². The van der Waals surface area contributed by atoms with Gasteiger partial charge in [-0.2, -0.15) is 16.4 Å². The molecule has 2 aromatic rings. The van der Waals surface area contributed by atoms with Crippen LogP contribution in [0.1, 0.15) is 5.56 Å². The average Bonchev–Trinajstić information content (AvgIpc) is 2.95. The lowest BCUT2D eigenvalue weighted by atomic mass is 10.1. The minimum atomic E-state index is -0.131. The molecule has 0 aromatic carbocycles. The Bertz CT molecular complexity index is 614. The summed E-state index contributed by atoms with van der Waals surface area (Å²) in [6, 6.07) is 3.72. The quantitative estimate of drug-likeness (QED) is 0.924. The maximum Gasteiger partial charge on any atom is 0.264 e. The molecule has 0 amide bonds. The van der Waals surface area contributed by atoms with Gasteiger partial charge in [-0.1, -0.05) is 0 Å². The number of aromatic amines is 1. The molecule has 0 spiro atoms. The molecule has 1 fully saturated rings. The Labute approximate surface area is 121 Å². The maximum absolute atomic E-state index is 11.6. The minimum absolute atomic E-state index is 0.131. The van der Waals surface area contributed by atoms with Gasteiger partial charge in [-0.15, -0.1) is 0 Å². The number of thiophene rings is 1. The van der Waals surface area contributed by atoms with E-state index in [0.29, 0.717) is 0 Å². The van der Waals surface area contributed by atoms with Crippen LogP contribution in [0.25, 0.3) is 11.3 Å². The van der Waals surface area contributed by atoms with Crippen LogP contribution in [0.5, 0.6) is 0 Å². The van der Waals surface area contributed by atoms with Gasteiger partial charge in [0.15, 0.2) is 0 Å². The van der Waals surface area contributed by atoms with E-state index in [4.69, 9.17) is 0 Å². The predicted octanol–water partition coefficient (Wildman–Crippen LogP) is 1.25. The Hall–Kier alpha value is -1.50. The largest absolute Gasteiger partial charge is 0.304 e. The summed E-state index contributed by atoms with van der Waals surface area (Å²) in [7, 11) is 2.14. The van der Waals surface area contributed by atoms with E-state index in [0.717, 1.165) is 49.5 Å². The number of hydrogen-bond donors (Lipinski definition) is 1. The van der Waals surface area contributed by atoms with Crippen molar-refractivity contribution >= 4 is 11.3 Å². The molecule has 1 aliphatic heterocycles. The number of hydrogen-bond acceptors (Lipinski definition) is 5. The zero-order chi connectivity index (χ0) is 13.9. The van der Waals surface area contributed by atoms with Crippen molar-refractivity contribution < 1.29 is 0 Å². The van der Waals surface area contributed by atoms with Crippen molar-refractivity contribution in [1.29, 1.82) is 0 Å². The summed E-state index contributed by atoms with van der Waals surface area (Å²) in [5.41, 5.74) is 2.85. The molecule has 1 N–H and O–H groups in total. The second-order valence-electron chi connectivity index (χ2n) is 5.20. The summed E-state index contributed by atoms with van der Waals surface area (Å²) in [6.07, 6.45) is 0. The SMILES string of the molecule is CN1CCN(Cc2cc(=O)[nH]nc2-c2ccsc2)CC1. The standard InChI is InChI=1S/C14H18N4OS/c1-17-3-5-18(6-4-17)9-12-8-13(19)15-16-14(12)11-2-7-20-10-11/h2,7-8,10H,3-6,9H2,1H3,(H,15,19). The van der Waals surface area contributed by atoms with E-state index < -0.39 is 0 Å². The Morgan fingerprint density at radius 3 is 2.85 bits per heavy atom. The fraction of sp³-hybridized carbons (Fsp3) is 0.429. The van der Waals surface area contributed by atoms with Crippen LogP contribution in [0, 0.1) is 0 Å². The average molecular weight is 290 g/mol. The Kier molecular flexibility index (Phi) is 3.95. The molecular weight excluding hydrogens is 272 g/mol.